The Balaban J connectivity index is 1.82. The molecule has 2 heteroatoms. The molecule has 1 aliphatic carbocycles. The van der Waals surface area contributed by atoms with Gasteiger partial charge in [0.15, 0.2) is 0 Å². The number of fused-ring (bicyclic) bond motifs is 1. The lowest BCUT2D eigenvalue weighted by Gasteiger charge is -2.17. The number of rotatable bonds is 6. The Bertz CT molecular complexity index is 513. The Morgan fingerprint density at radius 3 is 2.94 bits per heavy atom. The van der Waals surface area contributed by atoms with Gasteiger partial charge in [-0.15, -0.1) is 11.3 Å². The van der Waals surface area contributed by atoms with Crippen LogP contribution in [-0.2, 0) is 0 Å². The molecule has 2 aromatic rings. The van der Waals surface area contributed by atoms with Crippen molar-refractivity contribution in [2.45, 2.75) is 38.6 Å². The van der Waals surface area contributed by atoms with Gasteiger partial charge in [-0.3, -0.25) is 0 Å². The molecule has 0 amide bonds. The Morgan fingerprint density at radius 1 is 1.33 bits per heavy atom. The van der Waals surface area contributed by atoms with Crippen LogP contribution in [0, 0.1) is 5.92 Å². The monoisotopic (exact) mass is 259 g/mol. The zero-order valence-corrected chi connectivity index (χ0v) is 11.8. The summed E-state index contributed by atoms with van der Waals surface area (Å²) in [5, 5.41) is 7.47. The minimum atomic E-state index is 0.548. The number of hydrogen-bond donors (Lipinski definition) is 1. The Morgan fingerprint density at radius 2 is 2.17 bits per heavy atom. The smallest absolute Gasteiger partial charge is 0.0346 e. The van der Waals surface area contributed by atoms with Gasteiger partial charge in [0.1, 0.15) is 0 Å². The second kappa shape index (κ2) is 5.41. The third-order valence-electron chi connectivity index (χ3n) is 3.90. The number of hydrogen-bond acceptors (Lipinski definition) is 2. The fourth-order valence-electron chi connectivity index (χ4n) is 2.69. The first-order valence-corrected chi connectivity index (χ1v) is 7.96. The van der Waals surface area contributed by atoms with E-state index in [9.17, 15) is 0 Å². The minimum Gasteiger partial charge on any atom is -0.310 e. The van der Waals surface area contributed by atoms with Gasteiger partial charge >= 0.3 is 0 Å². The molecule has 1 N–H and O–H groups in total. The average Bonchev–Trinajstić information content (AvgIpc) is 3.13. The van der Waals surface area contributed by atoms with E-state index in [4.69, 9.17) is 0 Å². The zero-order chi connectivity index (χ0) is 12.4. The summed E-state index contributed by atoms with van der Waals surface area (Å²) in [6.07, 6.45) is 5.60. The largest absolute Gasteiger partial charge is 0.310 e. The summed E-state index contributed by atoms with van der Waals surface area (Å²) in [4.78, 5) is 0. The van der Waals surface area contributed by atoms with E-state index in [0.29, 0.717) is 6.04 Å². The van der Waals surface area contributed by atoms with Crippen molar-refractivity contribution in [3.8, 4) is 0 Å². The third kappa shape index (κ3) is 2.60. The van der Waals surface area contributed by atoms with Crippen molar-refractivity contribution in [3.05, 3.63) is 35.2 Å². The van der Waals surface area contributed by atoms with Crippen LogP contribution in [0.25, 0.3) is 10.1 Å². The SMILES string of the molecule is CCNC(CCC1CC1)c1csc2ccccc12. The van der Waals surface area contributed by atoms with Gasteiger partial charge in [0.2, 0.25) is 0 Å². The predicted molar refractivity (Wildman–Crippen MR) is 80.2 cm³/mol. The van der Waals surface area contributed by atoms with Crippen LogP contribution in [0.15, 0.2) is 29.6 Å². The molecule has 1 aliphatic rings. The highest BCUT2D eigenvalue weighted by Gasteiger charge is 2.23. The van der Waals surface area contributed by atoms with Crippen LogP contribution in [-0.4, -0.2) is 6.54 Å². The van der Waals surface area contributed by atoms with Gasteiger partial charge in [-0.25, -0.2) is 0 Å². The Labute approximate surface area is 113 Å². The average molecular weight is 259 g/mol. The first-order valence-electron chi connectivity index (χ1n) is 7.08. The van der Waals surface area contributed by atoms with Crippen LogP contribution in [0.4, 0.5) is 0 Å². The molecule has 0 bridgehead atoms. The molecule has 3 rings (SSSR count). The first-order chi connectivity index (χ1) is 8.88. The van der Waals surface area contributed by atoms with Crippen molar-refractivity contribution in [3.63, 3.8) is 0 Å². The maximum Gasteiger partial charge on any atom is 0.0346 e. The molecule has 1 saturated carbocycles. The summed E-state index contributed by atoms with van der Waals surface area (Å²) >= 11 is 1.88. The van der Waals surface area contributed by atoms with Crippen molar-refractivity contribution < 1.29 is 0 Å². The molecule has 96 valence electrons. The number of nitrogens with one attached hydrogen (secondary N) is 1. The summed E-state index contributed by atoms with van der Waals surface area (Å²) in [6, 6.07) is 9.33. The van der Waals surface area contributed by atoms with Crippen molar-refractivity contribution in [2.24, 2.45) is 5.92 Å². The van der Waals surface area contributed by atoms with Crippen LogP contribution in [0.5, 0.6) is 0 Å². The summed E-state index contributed by atoms with van der Waals surface area (Å²) < 4.78 is 1.42. The first kappa shape index (κ1) is 12.2. The Hall–Kier alpha value is -0.860. The normalized spacial score (nSPS) is 17.2. The van der Waals surface area contributed by atoms with Gasteiger partial charge in [0.25, 0.3) is 0 Å². The van der Waals surface area contributed by atoms with Crippen molar-refractivity contribution >= 4 is 21.4 Å². The summed E-state index contributed by atoms with van der Waals surface area (Å²) in [7, 11) is 0. The molecule has 1 fully saturated rings. The van der Waals surface area contributed by atoms with Crippen LogP contribution >= 0.6 is 11.3 Å². The molecule has 1 heterocycles. The van der Waals surface area contributed by atoms with Gasteiger partial charge in [-0.05, 0) is 47.7 Å². The van der Waals surface area contributed by atoms with E-state index in [1.807, 2.05) is 11.3 Å². The lowest BCUT2D eigenvalue weighted by molar-refractivity contribution is 0.485. The molecule has 1 nitrogen and oxygen atoms in total. The quantitative estimate of drug-likeness (QED) is 0.790. The summed E-state index contributed by atoms with van der Waals surface area (Å²) in [6.45, 7) is 3.26. The van der Waals surface area contributed by atoms with Crippen molar-refractivity contribution in [1.82, 2.24) is 5.32 Å². The molecule has 0 spiro atoms. The van der Waals surface area contributed by atoms with E-state index in [2.05, 4.69) is 41.9 Å². The highest BCUT2D eigenvalue weighted by atomic mass is 32.1. The third-order valence-corrected chi connectivity index (χ3v) is 4.88. The lowest BCUT2D eigenvalue weighted by Crippen LogP contribution is -2.20. The van der Waals surface area contributed by atoms with Gasteiger partial charge in [-0.1, -0.05) is 38.0 Å². The minimum absolute atomic E-state index is 0.548. The molecule has 0 aliphatic heterocycles. The van der Waals surface area contributed by atoms with Crippen LogP contribution in [0.2, 0.25) is 0 Å². The fourth-order valence-corrected chi connectivity index (χ4v) is 3.71. The van der Waals surface area contributed by atoms with E-state index in [0.717, 1.165) is 12.5 Å². The summed E-state index contributed by atoms with van der Waals surface area (Å²) in [5.74, 6) is 1.02. The maximum atomic E-state index is 3.67. The molecule has 0 radical (unpaired) electrons. The molecule has 1 unspecified atom stereocenters. The van der Waals surface area contributed by atoms with E-state index < -0.39 is 0 Å². The van der Waals surface area contributed by atoms with E-state index in [1.54, 1.807) is 0 Å². The summed E-state index contributed by atoms with van der Waals surface area (Å²) in [5.41, 5.74) is 1.51. The number of thiophene rings is 1. The predicted octanol–water partition coefficient (Wildman–Crippen LogP) is 4.74. The van der Waals surface area contributed by atoms with E-state index in [-0.39, 0.29) is 0 Å². The van der Waals surface area contributed by atoms with Crippen LogP contribution in [0.3, 0.4) is 0 Å². The standard InChI is InChI=1S/C16H21NS/c1-2-17-15(10-9-12-7-8-12)14-11-18-16-6-4-3-5-13(14)16/h3-6,11-12,15,17H,2,7-10H2,1H3. The fraction of sp³-hybridized carbons (Fsp3) is 0.500. The molecular formula is C16H21NS. The van der Waals surface area contributed by atoms with Gasteiger partial charge in [-0.2, -0.15) is 0 Å². The second-order valence-corrected chi connectivity index (χ2v) is 6.23. The molecule has 18 heavy (non-hydrogen) atoms. The van der Waals surface area contributed by atoms with Crippen molar-refractivity contribution in [1.29, 1.82) is 0 Å². The zero-order valence-electron chi connectivity index (χ0n) is 11.0. The van der Waals surface area contributed by atoms with Gasteiger partial charge < -0.3 is 5.32 Å². The van der Waals surface area contributed by atoms with Crippen molar-refractivity contribution in [2.75, 3.05) is 6.54 Å². The number of benzene rings is 1. The topological polar surface area (TPSA) is 12.0 Å². The molecule has 1 aromatic heterocycles. The molecule has 0 saturated heterocycles. The van der Waals surface area contributed by atoms with E-state index in [1.165, 1.54) is 41.3 Å². The van der Waals surface area contributed by atoms with Crippen LogP contribution < -0.4 is 5.32 Å². The Kier molecular flexibility index (Phi) is 3.67. The molecule has 1 atom stereocenters. The second-order valence-electron chi connectivity index (χ2n) is 5.32. The van der Waals surface area contributed by atoms with Gasteiger partial charge in [0, 0.05) is 10.7 Å². The molecular weight excluding hydrogens is 238 g/mol. The lowest BCUT2D eigenvalue weighted by atomic mass is 10.00. The van der Waals surface area contributed by atoms with Gasteiger partial charge in [0.05, 0.1) is 0 Å². The maximum absolute atomic E-state index is 3.67. The highest BCUT2D eigenvalue weighted by molar-refractivity contribution is 7.17. The molecule has 1 aromatic carbocycles. The highest BCUT2D eigenvalue weighted by Crippen LogP contribution is 2.38. The van der Waals surface area contributed by atoms with Crippen LogP contribution in [0.1, 0.15) is 44.2 Å². The van der Waals surface area contributed by atoms with E-state index >= 15 is 0 Å².